The maximum atomic E-state index is 12.9. The topological polar surface area (TPSA) is 73.6 Å². The van der Waals surface area contributed by atoms with Gasteiger partial charge in [0.15, 0.2) is 4.21 Å². The van der Waals surface area contributed by atoms with Crippen molar-refractivity contribution in [3.8, 4) is 16.9 Å². The average molecular weight is 398 g/mol. The molecule has 0 fully saturated rings. The molecule has 0 spiro atoms. The summed E-state index contributed by atoms with van der Waals surface area (Å²) in [6, 6.07) is 16.8. The Morgan fingerprint density at radius 3 is 2.48 bits per heavy atom. The minimum absolute atomic E-state index is 0.0888. The second-order valence-corrected chi connectivity index (χ2v) is 8.58. The van der Waals surface area contributed by atoms with Gasteiger partial charge < -0.3 is 8.60 Å². The fourth-order valence-corrected chi connectivity index (χ4v) is 4.72. The molecular formula is C20H14O5S2. The van der Waals surface area contributed by atoms with Crippen molar-refractivity contribution >= 4 is 32.4 Å². The second-order valence-electron chi connectivity index (χ2n) is 5.86. The highest BCUT2D eigenvalue weighted by atomic mass is 32.3. The number of rotatable bonds is 4. The van der Waals surface area contributed by atoms with E-state index in [-0.39, 0.29) is 21.0 Å². The van der Waals surface area contributed by atoms with Crippen LogP contribution in [0, 0.1) is 6.92 Å². The Balaban J connectivity index is 1.80. The number of hydrogen-bond donors (Lipinski definition) is 0. The molecule has 0 saturated heterocycles. The van der Waals surface area contributed by atoms with Crippen molar-refractivity contribution in [3.63, 3.8) is 0 Å². The molecule has 136 valence electrons. The molecule has 2 heterocycles. The first-order chi connectivity index (χ1) is 13.0. The van der Waals surface area contributed by atoms with Gasteiger partial charge in [-0.25, -0.2) is 0 Å². The van der Waals surface area contributed by atoms with Gasteiger partial charge in [0.1, 0.15) is 17.1 Å². The van der Waals surface area contributed by atoms with Gasteiger partial charge >= 0.3 is 10.1 Å². The molecule has 0 bridgehead atoms. The molecule has 0 N–H and O–H groups in total. The summed E-state index contributed by atoms with van der Waals surface area (Å²) in [4.78, 5) is 12.9. The fourth-order valence-electron chi connectivity index (χ4n) is 2.85. The van der Waals surface area contributed by atoms with Crippen molar-refractivity contribution in [2.24, 2.45) is 0 Å². The van der Waals surface area contributed by atoms with Crippen molar-refractivity contribution in [2.75, 3.05) is 0 Å². The van der Waals surface area contributed by atoms with Crippen LogP contribution in [0.2, 0.25) is 0 Å². The molecule has 0 aliphatic carbocycles. The summed E-state index contributed by atoms with van der Waals surface area (Å²) in [7, 11) is -3.91. The lowest BCUT2D eigenvalue weighted by molar-refractivity contribution is 0.487. The molecule has 2 aromatic carbocycles. The fraction of sp³-hybridized carbons (Fsp3) is 0.0500. The molecule has 0 atom stereocenters. The first-order valence-corrected chi connectivity index (χ1v) is 10.4. The van der Waals surface area contributed by atoms with Gasteiger partial charge in [0.05, 0.1) is 10.9 Å². The SMILES string of the molecule is Cc1oc2cc(OS(=O)(=O)c3cccs3)ccc2c(=O)c1-c1ccccc1. The van der Waals surface area contributed by atoms with E-state index in [0.717, 1.165) is 16.9 Å². The van der Waals surface area contributed by atoms with E-state index in [1.54, 1.807) is 18.4 Å². The zero-order chi connectivity index (χ0) is 19.0. The van der Waals surface area contributed by atoms with Gasteiger partial charge in [-0.3, -0.25) is 4.79 Å². The third kappa shape index (κ3) is 3.27. The highest BCUT2D eigenvalue weighted by Gasteiger charge is 2.19. The Morgan fingerprint density at radius 1 is 1.00 bits per heavy atom. The third-order valence-corrected chi connectivity index (χ3v) is 6.65. The van der Waals surface area contributed by atoms with Crippen molar-refractivity contribution in [3.05, 3.63) is 82.0 Å². The minimum Gasteiger partial charge on any atom is -0.460 e. The Labute approximate surface area is 159 Å². The number of aryl methyl sites for hydroxylation is 1. The first-order valence-electron chi connectivity index (χ1n) is 8.06. The van der Waals surface area contributed by atoms with Crippen LogP contribution in [0.4, 0.5) is 0 Å². The number of thiophene rings is 1. The number of hydrogen-bond acceptors (Lipinski definition) is 6. The molecule has 0 aliphatic rings. The summed E-state index contributed by atoms with van der Waals surface area (Å²) in [5.41, 5.74) is 1.36. The highest BCUT2D eigenvalue weighted by Crippen LogP contribution is 2.28. The van der Waals surface area contributed by atoms with Crippen LogP contribution in [-0.4, -0.2) is 8.42 Å². The van der Waals surface area contributed by atoms with E-state index in [4.69, 9.17) is 8.60 Å². The van der Waals surface area contributed by atoms with Gasteiger partial charge in [-0.2, -0.15) is 8.42 Å². The van der Waals surface area contributed by atoms with Crippen molar-refractivity contribution < 1.29 is 17.0 Å². The molecule has 2 aromatic heterocycles. The van der Waals surface area contributed by atoms with Gasteiger partial charge in [-0.15, -0.1) is 11.3 Å². The van der Waals surface area contributed by atoms with E-state index in [9.17, 15) is 13.2 Å². The van der Waals surface area contributed by atoms with E-state index in [0.29, 0.717) is 16.7 Å². The van der Waals surface area contributed by atoms with Crippen LogP contribution in [0.25, 0.3) is 22.1 Å². The summed E-state index contributed by atoms with van der Waals surface area (Å²) < 4.78 is 35.6. The molecule has 4 rings (SSSR count). The predicted octanol–water partition coefficient (Wildman–Crippen LogP) is 4.60. The largest absolute Gasteiger partial charge is 0.460 e. The molecule has 27 heavy (non-hydrogen) atoms. The molecule has 7 heteroatoms. The Kier molecular flexibility index (Phi) is 4.33. The van der Waals surface area contributed by atoms with Crippen molar-refractivity contribution in [1.82, 2.24) is 0 Å². The highest BCUT2D eigenvalue weighted by molar-refractivity contribution is 7.89. The summed E-state index contributed by atoms with van der Waals surface area (Å²) in [6.07, 6.45) is 0. The average Bonchev–Trinajstić information content (AvgIpc) is 3.18. The van der Waals surface area contributed by atoms with Gasteiger partial charge in [-0.1, -0.05) is 36.4 Å². The van der Waals surface area contributed by atoms with Gasteiger partial charge in [-0.05, 0) is 36.1 Å². The zero-order valence-electron chi connectivity index (χ0n) is 14.2. The van der Waals surface area contributed by atoms with Gasteiger partial charge in [0.25, 0.3) is 0 Å². The lowest BCUT2D eigenvalue weighted by Gasteiger charge is -2.09. The van der Waals surface area contributed by atoms with Crippen LogP contribution in [0.5, 0.6) is 5.75 Å². The molecule has 4 aromatic rings. The maximum Gasteiger partial charge on any atom is 0.348 e. The lowest BCUT2D eigenvalue weighted by Crippen LogP contribution is -2.09. The molecule has 0 radical (unpaired) electrons. The van der Waals surface area contributed by atoms with E-state index in [1.807, 2.05) is 30.3 Å². The van der Waals surface area contributed by atoms with Crippen LogP contribution in [0.3, 0.4) is 0 Å². The van der Waals surface area contributed by atoms with Crippen molar-refractivity contribution in [2.45, 2.75) is 11.1 Å². The lowest BCUT2D eigenvalue weighted by atomic mass is 10.0. The molecule has 0 saturated carbocycles. The van der Waals surface area contributed by atoms with E-state index < -0.39 is 10.1 Å². The van der Waals surface area contributed by atoms with Crippen molar-refractivity contribution in [1.29, 1.82) is 0 Å². The van der Waals surface area contributed by atoms with Gasteiger partial charge in [0.2, 0.25) is 5.43 Å². The van der Waals surface area contributed by atoms with E-state index in [1.165, 1.54) is 24.3 Å². The molecule has 0 unspecified atom stereocenters. The van der Waals surface area contributed by atoms with E-state index >= 15 is 0 Å². The Morgan fingerprint density at radius 2 is 1.78 bits per heavy atom. The maximum absolute atomic E-state index is 12.9. The summed E-state index contributed by atoms with van der Waals surface area (Å²) >= 11 is 1.07. The second kappa shape index (κ2) is 6.68. The van der Waals surface area contributed by atoms with Crippen LogP contribution in [0.1, 0.15) is 5.76 Å². The predicted molar refractivity (Wildman–Crippen MR) is 105 cm³/mol. The summed E-state index contributed by atoms with van der Waals surface area (Å²) in [5.74, 6) is 0.544. The molecule has 0 amide bonds. The van der Waals surface area contributed by atoms with Crippen LogP contribution < -0.4 is 9.61 Å². The van der Waals surface area contributed by atoms with Crippen LogP contribution in [0.15, 0.2) is 79.5 Å². The molecule has 0 aliphatic heterocycles. The zero-order valence-corrected chi connectivity index (χ0v) is 15.8. The smallest absolute Gasteiger partial charge is 0.348 e. The number of benzene rings is 2. The first kappa shape index (κ1) is 17.5. The molecule has 5 nitrogen and oxygen atoms in total. The van der Waals surface area contributed by atoms with Gasteiger partial charge in [0, 0.05) is 6.07 Å². The Hall–Kier alpha value is -2.90. The standard InChI is InChI=1S/C20H14O5S2/c1-13-19(14-6-3-2-4-7-14)20(21)16-10-9-15(12-17(16)24-13)25-27(22,23)18-8-5-11-26-18/h2-12H,1H3. The van der Waals surface area contributed by atoms with Crippen LogP contribution >= 0.6 is 11.3 Å². The van der Waals surface area contributed by atoms with Crippen LogP contribution in [-0.2, 0) is 10.1 Å². The minimum atomic E-state index is -3.91. The Bertz CT molecular complexity index is 1270. The third-order valence-electron chi connectivity index (χ3n) is 4.05. The summed E-state index contributed by atoms with van der Waals surface area (Å²) in [6.45, 7) is 1.71. The monoisotopic (exact) mass is 398 g/mol. The summed E-state index contributed by atoms with van der Waals surface area (Å²) in [5, 5.41) is 2.02. The van der Waals surface area contributed by atoms with E-state index in [2.05, 4.69) is 0 Å². The number of fused-ring (bicyclic) bond motifs is 1. The molecular weight excluding hydrogens is 384 g/mol. The quantitative estimate of drug-likeness (QED) is 0.470. The normalized spacial score (nSPS) is 11.6.